The van der Waals surface area contributed by atoms with Crippen LogP contribution in [0.1, 0.15) is 15.9 Å². The summed E-state index contributed by atoms with van der Waals surface area (Å²) in [7, 11) is 0. The van der Waals surface area contributed by atoms with Crippen molar-refractivity contribution in [2.45, 2.75) is 16.6 Å². The van der Waals surface area contributed by atoms with Crippen LogP contribution in [0.25, 0.3) is 0 Å². The number of hydrogen-bond donors (Lipinski definition) is 0. The molecule has 4 rings (SSSR count). The predicted octanol–water partition coefficient (Wildman–Crippen LogP) is 5.54. The molecule has 0 saturated carbocycles. The van der Waals surface area contributed by atoms with Crippen molar-refractivity contribution in [2.75, 3.05) is 39.5 Å². The Morgan fingerprint density at radius 2 is 1.83 bits per heavy atom. The number of carbonyl (C=O) groups excluding carboxylic acids is 1. The van der Waals surface area contributed by atoms with Crippen LogP contribution in [0.5, 0.6) is 5.75 Å². The van der Waals surface area contributed by atoms with E-state index in [9.17, 15) is 4.79 Å². The minimum atomic E-state index is -0.695. The van der Waals surface area contributed by atoms with Crippen LogP contribution < -0.4 is 4.74 Å². The average molecular weight is 608 g/mol. The molecule has 0 aliphatic carbocycles. The fourth-order valence-electron chi connectivity index (χ4n) is 3.55. The summed E-state index contributed by atoms with van der Waals surface area (Å²) in [6, 6.07) is 12.1. The fraction of sp³-hybridized carbons (Fsp3) is 0.381. The predicted molar refractivity (Wildman–Crippen MR) is 129 cm³/mol. The fourth-order valence-corrected chi connectivity index (χ4v) is 6.18. The van der Waals surface area contributed by atoms with Crippen molar-refractivity contribution in [1.29, 1.82) is 0 Å². The maximum Gasteiger partial charge on any atom is 0.187 e. The Bertz CT molecular complexity index is 887. The van der Waals surface area contributed by atoms with Crippen molar-refractivity contribution < 1.29 is 14.3 Å². The van der Waals surface area contributed by atoms with Gasteiger partial charge in [0.2, 0.25) is 0 Å². The summed E-state index contributed by atoms with van der Waals surface area (Å²) in [6.45, 7) is 6.11. The van der Waals surface area contributed by atoms with Crippen LogP contribution in [0.15, 0.2) is 50.2 Å². The lowest BCUT2D eigenvalue weighted by atomic mass is 9.93. The second-order valence-electron chi connectivity index (χ2n) is 7.18. The van der Waals surface area contributed by atoms with Gasteiger partial charge in [-0.2, -0.15) is 0 Å². The van der Waals surface area contributed by atoms with E-state index in [4.69, 9.17) is 9.47 Å². The van der Waals surface area contributed by atoms with Crippen LogP contribution in [0, 0.1) is 6.92 Å². The molecule has 8 heteroatoms. The van der Waals surface area contributed by atoms with Crippen molar-refractivity contribution in [1.82, 2.24) is 4.90 Å². The van der Waals surface area contributed by atoms with Crippen molar-refractivity contribution in [3.05, 3.63) is 56.5 Å². The zero-order valence-corrected chi connectivity index (χ0v) is 21.7. The van der Waals surface area contributed by atoms with Crippen LogP contribution in [-0.4, -0.2) is 54.9 Å². The van der Waals surface area contributed by atoms with Gasteiger partial charge >= 0.3 is 0 Å². The van der Waals surface area contributed by atoms with Crippen molar-refractivity contribution >= 4 is 66.4 Å². The SMILES string of the molecule is Br.Cc1ccc(SC2(CN3CCOCC3)COc3c(Br)cc(Br)cc3C2=O)cc1. The van der Waals surface area contributed by atoms with Crippen molar-refractivity contribution in [3.63, 3.8) is 0 Å². The molecule has 0 N–H and O–H groups in total. The average Bonchev–Trinajstić information content (AvgIpc) is 2.68. The van der Waals surface area contributed by atoms with E-state index >= 15 is 0 Å². The third-order valence-corrected chi connectivity index (χ3v) is 7.41. The second kappa shape index (κ2) is 9.83. The van der Waals surface area contributed by atoms with E-state index < -0.39 is 4.75 Å². The number of halogens is 3. The first-order chi connectivity index (χ1) is 13.5. The lowest BCUT2D eigenvalue weighted by Gasteiger charge is -2.40. The number of ether oxygens (including phenoxy) is 2. The van der Waals surface area contributed by atoms with Crippen LogP contribution in [-0.2, 0) is 4.74 Å². The number of aryl methyl sites for hydroxylation is 1. The summed E-state index contributed by atoms with van der Waals surface area (Å²) >= 11 is 8.65. The van der Waals surface area contributed by atoms with Crippen molar-refractivity contribution in [2.24, 2.45) is 0 Å². The lowest BCUT2D eigenvalue weighted by molar-refractivity contribution is 0.0287. The molecule has 0 aromatic heterocycles. The Kier molecular flexibility index (Phi) is 7.89. The van der Waals surface area contributed by atoms with Crippen LogP contribution in [0.2, 0.25) is 0 Å². The molecule has 156 valence electrons. The molecule has 1 fully saturated rings. The summed E-state index contributed by atoms with van der Waals surface area (Å²) in [4.78, 5) is 17.2. The molecular formula is C21H22Br3NO3S. The van der Waals surface area contributed by atoms with Gasteiger partial charge in [0.05, 0.1) is 23.2 Å². The van der Waals surface area contributed by atoms with Crippen molar-refractivity contribution in [3.8, 4) is 5.75 Å². The number of fused-ring (bicyclic) bond motifs is 1. The van der Waals surface area contributed by atoms with Crippen LogP contribution in [0.4, 0.5) is 0 Å². The smallest absolute Gasteiger partial charge is 0.187 e. The molecule has 2 aliphatic heterocycles. The Hall–Kier alpha value is -0.380. The number of nitrogens with zero attached hydrogens (tertiary/aromatic N) is 1. The molecular weight excluding hydrogens is 586 g/mol. The highest BCUT2D eigenvalue weighted by Gasteiger charge is 2.47. The lowest BCUT2D eigenvalue weighted by Crippen LogP contribution is -2.54. The number of thioether (sulfide) groups is 1. The van der Waals surface area contributed by atoms with Gasteiger partial charge < -0.3 is 9.47 Å². The van der Waals surface area contributed by atoms with Gasteiger partial charge in [-0.15, -0.1) is 28.7 Å². The molecule has 0 radical (unpaired) electrons. The van der Waals surface area contributed by atoms with Gasteiger partial charge in [-0.1, -0.05) is 33.6 Å². The molecule has 0 spiro atoms. The highest BCUT2D eigenvalue weighted by molar-refractivity contribution is 9.11. The number of morpholine rings is 1. The normalized spacial score (nSPS) is 21.8. The van der Waals surface area contributed by atoms with E-state index in [0.29, 0.717) is 37.7 Å². The van der Waals surface area contributed by atoms with Gasteiger partial charge in [0.25, 0.3) is 0 Å². The molecule has 2 aromatic carbocycles. The van der Waals surface area contributed by atoms with Gasteiger partial charge in [0.15, 0.2) is 5.78 Å². The molecule has 2 aromatic rings. The molecule has 1 unspecified atom stereocenters. The third kappa shape index (κ3) is 5.10. The summed E-state index contributed by atoms with van der Waals surface area (Å²) in [5.41, 5.74) is 1.83. The maximum absolute atomic E-state index is 13.8. The number of ketones is 1. The standard InChI is InChI=1S/C21H21Br2NO3S.BrH/c1-14-2-4-16(5-3-14)28-21(12-24-6-8-26-9-7-24)13-27-19-17(20(21)25)10-15(22)11-18(19)23;/h2-5,10-11H,6-9,12-13H2,1H3;1H. The topological polar surface area (TPSA) is 38.8 Å². The molecule has 0 amide bonds. The van der Waals surface area contributed by atoms with E-state index in [1.807, 2.05) is 12.1 Å². The second-order valence-corrected chi connectivity index (χ2v) is 10.4. The number of Topliss-reactive ketones (excluding diaryl/α,β-unsaturated/α-hetero) is 1. The Morgan fingerprint density at radius 3 is 2.52 bits per heavy atom. The van der Waals surface area contributed by atoms with Crippen LogP contribution in [0.3, 0.4) is 0 Å². The Balaban J connectivity index is 0.00000240. The van der Waals surface area contributed by atoms with E-state index in [1.165, 1.54) is 5.56 Å². The molecule has 0 bridgehead atoms. The summed E-state index contributed by atoms with van der Waals surface area (Å²) < 4.78 is 12.6. The molecule has 2 aliphatic rings. The van der Waals surface area contributed by atoms with E-state index in [1.54, 1.807) is 11.8 Å². The van der Waals surface area contributed by atoms with Gasteiger partial charge in [-0.3, -0.25) is 9.69 Å². The maximum atomic E-state index is 13.8. The zero-order valence-electron chi connectivity index (χ0n) is 16.0. The first kappa shape index (κ1) is 23.3. The van der Waals surface area contributed by atoms with E-state index in [-0.39, 0.29) is 22.8 Å². The summed E-state index contributed by atoms with van der Waals surface area (Å²) in [6.07, 6.45) is 0. The first-order valence-electron chi connectivity index (χ1n) is 9.19. The van der Waals surface area contributed by atoms with Gasteiger partial charge in [0.1, 0.15) is 17.1 Å². The molecule has 1 saturated heterocycles. The third-order valence-electron chi connectivity index (χ3n) is 5.03. The van der Waals surface area contributed by atoms with Gasteiger partial charge in [-0.05, 0) is 47.1 Å². The number of carbonyl (C=O) groups is 1. The first-order valence-corrected chi connectivity index (χ1v) is 11.6. The highest BCUT2D eigenvalue weighted by atomic mass is 79.9. The zero-order chi connectivity index (χ0) is 19.7. The molecule has 1 atom stereocenters. The number of benzene rings is 2. The monoisotopic (exact) mass is 605 g/mol. The number of rotatable bonds is 4. The van der Waals surface area contributed by atoms with Gasteiger partial charge in [0, 0.05) is 29.0 Å². The highest BCUT2D eigenvalue weighted by Crippen LogP contribution is 2.45. The van der Waals surface area contributed by atoms with Crippen LogP contribution >= 0.6 is 60.6 Å². The summed E-state index contributed by atoms with van der Waals surface area (Å²) in [5, 5.41) is 0. The Morgan fingerprint density at radius 1 is 1.14 bits per heavy atom. The minimum Gasteiger partial charge on any atom is -0.490 e. The largest absolute Gasteiger partial charge is 0.490 e. The van der Waals surface area contributed by atoms with Gasteiger partial charge in [-0.25, -0.2) is 0 Å². The minimum absolute atomic E-state index is 0. The molecule has 2 heterocycles. The number of hydrogen-bond acceptors (Lipinski definition) is 5. The van der Waals surface area contributed by atoms with E-state index in [2.05, 4.69) is 67.9 Å². The quantitative estimate of drug-likeness (QED) is 0.457. The molecule has 4 nitrogen and oxygen atoms in total. The Labute approximate surface area is 202 Å². The summed E-state index contributed by atoms with van der Waals surface area (Å²) in [5.74, 6) is 0.753. The molecule has 29 heavy (non-hydrogen) atoms. The van der Waals surface area contributed by atoms with E-state index in [0.717, 1.165) is 26.9 Å².